The number of hydrogen-bond acceptors (Lipinski definition) is 3. The van der Waals surface area contributed by atoms with Gasteiger partial charge in [0.2, 0.25) is 0 Å². The molecule has 4 heteroatoms. The van der Waals surface area contributed by atoms with E-state index < -0.39 is 0 Å². The Morgan fingerprint density at radius 2 is 2.15 bits per heavy atom. The Bertz CT molecular complexity index is 440. The second kappa shape index (κ2) is 7.03. The summed E-state index contributed by atoms with van der Waals surface area (Å²) in [6, 6.07) is 7.55. The zero-order chi connectivity index (χ0) is 13.8. The normalized spacial score (nSPS) is 20.9. The monoisotopic (exact) mass is 338 g/mol. The smallest absolute Gasteiger partial charge is 0.0593 e. The molecule has 1 aliphatic carbocycles. The SMILES string of the molecule is Brc1cc(CNC2CC2)ccc1CN1CCCOCC1. The van der Waals surface area contributed by atoms with E-state index in [1.807, 2.05) is 0 Å². The van der Waals surface area contributed by atoms with Crippen LogP contribution in [0.4, 0.5) is 0 Å². The van der Waals surface area contributed by atoms with Gasteiger partial charge in [-0.15, -0.1) is 0 Å². The lowest BCUT2D eigenvalue weighted by molar-refractivity contribution is 0.140. The summed E-state index contributed by atoms with van der Waals surface area (Å²) in [6.45, 7) is 5.95. The van der Waals surface area contributed by atoms with Crippen LogP contribution in [0, 0.1) is 0 Å². The Labute approximate surface area is 129 Å². The summed E-state index contributed by atoms with van der Waals surface area (Å²) in [5.41, 5.74) is 2.74. The van der Waals surface area contributed by atoms with E-state index in [9.17, 15) is 0 Å². The molecular formula is C16H23BrN2O. The van der Waals surface area contributed by atoms with Gasteiger partial charge in [-0.05, 0) is 36.5 Å². The Kier molecular flexibility index (Phi) is 5.10. The third-order valence-electron chi connectivity index (χ3n) is 4.00. The molecule has 1 heterocycles. The van der Waals surface area contributed by atoms with Gasteiger partial charge in [-0.3, -0.25) is 4.90 Å². The van der Waals surface area contributed by atoms with Crippen molar-refractivity contribution in [1.29, 1.82) is 0 Å². The van der Waals surface area contributed by atoms with Crippen molar-refractivity contribution in [2.45, 2.75) is 38.4 Å². The average molecular weight is 339 g/mol. The predicted molar refractivity (Wildman–Crippen MR) is 84.7 cm³/mol. The molecule has 1 saturated carbocycles. The van der Waals surface area contributed by atoms with Crippen LogP contribution in [0.25, 0.3) is 0 Å². The van der Waals surface area contributed by atoms with Crippen molar-refractivity contribution in [1.82, 2.24) is 10.2 Å². The van der Waals surface area contributed by atoms with Gasteiger partial charge >= 0.3 is 0 Å². The van der Waals surface area contributed by atoms with Crippen LogP contribution in [0.2, 0.25) is 0 Å². The van der Waals surface area contributed by atoms with Crippen molar-refractivity contribution in [3.8, 4) is 0 Å². The molecule has 0 unspecified atom stereocenters. The molecule has 1 aromatic rings. The second-order valence-electron chi connectivity index (χ2n) is 5.82. The van der Waals surface area contributed by atoms with Crippen LogP contribution in [-0.2, 0) is 17.8 Å². The molecule has 0 radical (unpaired) electrons. The van der Waals surface area contributed by atoms with E-state index in [1.54, 1.807) is 0 Å². The maximum Gasteiger partial charge on any atom is 0.0593 e. The summed E-state index contributed by atoms with van der Waals surface area (Å²) in [6.07, 6.45) is 3.83. The quantitative estimate of drug-likeness (QED) is 0.893. The summed E-state index contributed by atoms with van der Waals surface area (Å²) >= 11 is 3.73. The summed E-state index contributed by atoms with van der Waals surface area (Å²) in [5, 5.41) is 3.56. The van der Waals surface area contributed by atoms with E-state index >= 15 is 0 Å². The van der Waals surface area contributed by atoms with Gasteiger partial charge in [0.25, 0.3) is 0 Å². The van der Waals surface area contributed by atoms with Crippen molar-refractivity contribution in [3.05, 3.63) is 33.8 Å². The summed E-state index contributed by atoms with van der Waals surface area (Å²) < 4.78 is 6.74. The average Bonchev–Trinajstić information content (AvgIpc) is 3.26. The van der Waals surface area contributed by atoms with Gasteiger partial charge in [0.05, 0.1) is 6.61 Å². The van der Waals surface area contributed by atoms with Gasteiger partial charge in [0.1, 0.15) is 0 Å². The number of rotatable bonds is 5. The molecule has 1 aliphatic heterocycles. The molecule has 3 rings (SSSR count). The molecule has 0 atom stereocenters. The van der Waals surface area contributed by atoms with E-state index in [-0.39, 0.29) is 0 Å². The minimum atomic E-state index is 0.769. The van der Waals surface area contributed by atoms with Crippen molar-refractivity contribution < 1.29 is 4.74 Å². The molecule has 1 N–H and O–H groups in total. The van der Waals surface area contributed by atoms with Crippen molar-refractivity contribution in [2.24, 2.45) is 0 Å². The third kappa shape index (κ3) is 4.29. The lowest BCUT2D eigenvalue weighted by atomic mass is 10.1. The Balaban J connectivity index is 1.57. The first-order valence-electron chi connectivity index (χ1n) is 7.62. The fourth-order valence-electron chi connectivity index (χ4n) is 2.58. The largest absolute Gasteiger partial charge is 0.380 e. The highest BCUT2D eigenvalue weighted by atomic mass is 79.9. The lowest BCUT2D eigenvalue weighted by Crippen LogP contribution is -2.26. The van der Waals surface area contributed by atoms with E-state index in [1.165, 1.54) is 28.4 Å². The minimum Gasteiger partial charge on any atom is -0.380 e. The number of nitrogens with one attached hydrogen (secondary N) is 1. The van der Waals surface area contributed by atoms with Gasteiger partial charge in [0, 0.05) is 43.3 Å². The van der Waals surface area contributed by atoms with Crippen molar-refractivity contribution in [3.63, 3.8) is 0 Å². The fraction of sp³-hybridized carbons (Fsp3) is 0.625. The topological polar surface area (TPSA) is 24.5 Å². The highest BCUT2D eigenvalue weighted by Gasteiger charge is 2.20. The van der Waals surface area contributed by atoms with Crippen LogP contribution < -0.4 is 5.32 Å². The molecule has 1 saturated heterocycles. The van der Waals surface area contributed by atoms with Crippen LogP contribution in [0.3, 0.4) is 0 Å². The zero-order valence-electron chi connectivity index (χ0n) is 11.9. The third-order valence-corrected chi connectivity index (χ3v) is 4.74. The van der Waals surface area contributed by atoms with Crippen LogP contribution in [0.1, 0.15) is 30.4 Å². The Morgan fingerprint density at radius 1 is 1.25 bits per heavy atom. The molecule has 0 bridgehead atoms. The molecule has 0 amide bonds. The molecular weight excluding hydrogens is 316 g/mol. The zero-order valence-corrected chi connectivity index (χ0v) is 13.5. The van der Waals surface area contributed by atoms with Crippen LogP contribution >= 0.6 is 15.9 Å². The standard InChI is InChI=1S/C16H23BrN2O/c17-16-10-13(11-18-15-4-5-15)2-3-14(16)12-19-6-1-8-20-9-7-19/h2-3,10,15,18H,1,4-9,11-12H2. The van der Waals surface area contributed by atoms with Gasteiger partial charge in [-0.1, -0.05) is 28.1 Å². The highest BCUT2D eigenvalue weighted by Crippen LogP contribution is 2.23. The Morgan fingerprint density at radius 3 is 2.95 bits per heavy atom. The van der Waals surface area contributed by atoms with E-state index in [0.29, 0.717) is 0 Å². The predicted octanol–water partition coefficient (Wildman–Crippen LogP) is 2.92. The minimum absolute atomic E-state index is 0.769. The van der Waals surface area contributed by atoms with E-state index in [2.05, 4.69) is 44.3 Å². The van der Waals surface area contributed by atoms with Crippen LogP contribution in [-0.4, -0.2) is 37.2 Å². The number of nitrogens with zero attached hydrogens (tertiary/aromatic N) is 1. The maximum atomic E-state index is 5.51. The molecule has 20 heavy (non-hydrogen) atoms. The van der Waals surface area contributed by atoms with Gasteiger partial charge in [-0.2, -0.15) is 0 Å². The van der Waals surface area contributed by atoms with Crippen molar-refractivity contribution in [2.75, 3.05) is 26.3 Å². The molecule has 3 nitrogen and oxygen atoms in total. The van der Waals surface area contributed by atoms with Gasteiger partial charge < -0.3 is 10.1 Å². The number of benzene rings is 1. The van der Waals surface area contributed by atoms with Gasteiger partial charge in [-0.25, -0.2) is 0 Å². The summed E-state index contributed by atoms with van der Waals surface area (Å²) in [4.78, 5) is 2.48. The first-order valence-corrected chi connectivity index (χ1v) is 8.41. The molecule has 0 spiro atoms. The first-order chi connectivity index (χ1) is 9.81. The summed E-state index contributed by atoms with van der Waals surface area (Å²) in [7, 11) is 0. The molecule has 2 aliphatic rings. The summed E-state index contributed by atoms with van der Waals surface area (Å²) in [5.74, 6) is 0. The molecule has 110 valence electrons. The number of hydrogen-bond donors (Lipinski definition) is 1. The fourth-order valence-corrected chi connectivity index (χ4v) is 3.13. The first kappa shape index (κ1) is 14.5. The van der Waals surface area contributed by atoms with E-state index in [0.717, 1.165) is 51.9 Å². The van der Waals surface area contributed by atoms with Gasteiger partial charge in [0.15, 0.2) is 0 Å². The van der Waals surface area contributed by atoms with Crippen LogP contribution in [0.15, 0.2) is 22.7 Å². The van der Waals surface area contributed by atoms with Crippen molar-refractivity contribution >= 4 is 15.9 Å². The maximum absolute atomic E-state index is 5.51. The van der Waals surface area contributed by atoms with Crippen LogP contribution in [0.5, 0.6) is 0 Å². The number of halogens is 1. The Hall–Kier alpha value is -0.420. The number of ether oxygens (including phenoxy) is 1. The molecule has 1 aromatic carbocycles. The second-order valence-corrected chi connectivity index (χ2v) is 6.68. The van der Waals surface area contributed by atoms with E-state index in [4.69, 9.17) is 4.74 Å². The lowest BCUT2D eigenvalue weighted by Gasteiger charge is -2.20. The molecule has 2 fully saturated rings. The molecule has 0 aromatic heterocycles. The highest BCUT2D eigenvalue weighted by molar-refractivity contribution is 9.10.